The highest BCUT2D eigenvalue weighted by atomic mass is 19.1. The number of likely N-dealkylation sites (N-methyl/N-ethyl adjacent to an activating group) is 1. The van der Waals surface area contributed by atoms with Gasteiger partial charge in [-0.25, -0.2) is 9.37 Å². The predicted octanol–water partition coefficient (Wildman–Crippen LogP) is 3.88. The van der Waals surface area contributed by atoms with Crippen molar-refractivity contribution in [1.82, 2.24) is 14.8 Å². The molecule has 1 aliphatic heterocycles. The third-order valence-corrected chi connectivity index (χ3v) is 6.53. The number of aliphatic hydroxyl groups excluding tert-OH is 1. The zero-order chi connectivity index (χ0) is 25.8. The summed E-state index contributed by atoms with van der Waals surface area (Å²) in [6, 6.07) is 16.8. The van der Waals surface area contributed by atoms with Gasteiger partial charge in [0.1, 0.15) is 17.5 Å². The van der Waals surface area contributed by atoms with E-state index >= 15 is 0 Å². The molecule has 2 amide bonds. The van der Waals surface area contributed by atoms with Crippen molar-refractivity contribution < 1.29 is 23.8 Å². The Hall–Kier alpha value is -3.78. The van der Waals surface area contributed by atoms with E-state index in [2.05, 4.69) is 4.98 Å². The van der Waals surface area contributed by atoms with Crippen LogP contribution in [0.2, 0.25) is 0 Å². The van der Waals surface area contributed by atoms with E-state index in [9.17, 15) is 19.1 Å². The van der Waals surface area contributed by atoms with E-state index in [-0.39, 0.29) is 42.0 Å². The fourth-order valence-corrected chi connectivity index (χ4v) is 4.30. The van der Waals surface area contributed by atoms with Gasteiger partial charge in [-0.2, -0.15) is 0 Å². The first-order valence-electron chi connectivity index (χ1n) is 11.9. The van der Waals surface area contributed by atoms with Gasteiger partial charge in [-0.05, 0) is 30.7 Å². The van der Waals surface area contributed by atoms with Crippen LogP contribution in [0.25, 0.3) is 11.1 Å². The van der Waals surface area contributed by atoms with Crippen LogP contribution < -0.4 is 4.74 Å². The van der Waals surface area contributed by atoms with Gasteiger partial charge in [0.25, 0.3) is 11.8 Å². The SMILES string of the molecule is C[C@H](CO)N1C[C@H](C)[C@H](CN(C)C(=O)c2ccccc2F)Oc2ncc(-c3ccccc3)cc2C1=O. The Balaban J connectivity index is 1.68. The number of carbonyl (C=O) groups excluding carboxylic acids is 2. The zero-order valence-electron chi connectivity index (χ0n) is 20.6. The molecule has 8 heteroatoms. The molecule has 36 heavy (non-hydrogen) atoms. The summed E-state index contributed by atoms with van der Waals surface area (Å²) in [4.78, 5) is 34.0. The summed E-state index contributed by atoms with van der Waals surface area (Å²) in [5.74, 6) is -1.37. The fourth-order valence-electron chi connectivity index (χ4n) is 4.30. The number of hydrogen-bond donors (Lipinski definition) is 1. The molecule has 0 unspecified atom stereocenters. The zero-order valence-corrected chi connectivity index (χ0v) is 20.6. The van der Waals surface area contributed by atoms with Crippen LogP contribution in [-0.2, 0) is 0 Å². The number of fused-ring (bicyclic) bond motifs is 1. The molecule has 0 radical (unpaired) electrons. The Morgan fingerprint density at radius 1 is 1.19 bits per heavy atom. The Bertz CT molecular complexity index is 1240. The summed E-state index contributed by atoms with van der Waals surface area (Å²) in [6.45, 7) is 3.97. The Labute approximate surface area is 210 Å². The summed E-state index contributed by atoms with van der Waals surface area (Å²) in [6.07, 6.45) is 1.12. The van der Waals surface area contributed by atoms with Gasteiger partial charge < -0.3 is 19.6 Å². The summed E-state index contributed by atoms with van der Waals surface area (Å²) < 4.78 is 20.5. The highest BCUT2D eigenvalue weighted by molar-refractivity contribution is 5.98. The lowest BCUT2D eigenvalue weighted by Crippen LogP contribution is -2.50. The third-order valence-electron chi connectivity index (χ3n) is 6.53. The average Bonchev–Trinajstić information content (AvgIpc) is 2.90. The first kappa shape index (κ1) is 25.3. The van der Waals surface area contributed by atoms with E-state index in [1.165, 1.54) is 23.1 Å². The summed E-state index contributed by atoms with van der Waals surface area (Å²) in [7, 11) is 1.59. The largest absolute Gasteiger partial charge is 0.472 e. The molecule has 3 atom stereocenters. The maximum Gasteiger partial charge on any atom is 0.259 e. The van der Waals surface area contributed by atoms with Gasteiger partial charge in [-0.15, -0.1) is 0 Å². The Morgan fingerprint density at radius 3 is 2.58 bits per heavy atom. The molecule has 0 aliphatic carbocycles. The second kappa shape index (κ2) is 10.9. The minimum atomic E-state index is -0.588. The predicted molar refractivity (Wildman–Crippen MR) is 134 cm³/mol. The average molecular weight is 492 g/mol. The van der Waals surface area contributed by atoms with Gasteiger partial charge in [-0.3, -0.25) is 9.59 Å². The van der Waals surface area contributed by atoms with Gasteiger partial charge in [0.05, 0.1) is 24.8 Å². The van der Waals surface area contributed by atoms with Gasteiger partial charge in [-0.1, -0.05) is 49.4 Å². The Morgan fingerprint density at radius 2 is 1.89 bits per heavy atom. The lowest BCUT2D eigenvalue weighted by molar-refractivity contribution is 0.0312. The first-order valence-corrected chi connectivity index (χ1v) is 11.9. The van der Waals surface area contributed by atoms with Crippen LogP contribution >= 0.6 is 0 Å². The van der Waals surface area contributed by atoms with Crippen LogP contribution in [0.3, 0.4) is 0 Å². The van der Waals surface area contributed by atoms with Crippen LogP contribution in [0, 0.1) is 11.7 Å². The van der Waals surface area contributed by atoms with Crippen molar-refractivity contribution in [1.29, 1.82) is 0 Å². The number of aliphatic hydroxyl groups is 1. The van der Waals surface area contributed by atoms with Gasteiger partial charge in [0.15, 0.2) is 0 Å². The molecule has 1 aliphatic rings. The molecule has 0 fully saturated rings. The number of ether oxygens (including phenoxy) is 1. The maximum atomic E-state index is 14.2. The van der Waals surface area contributed by atoms with Crippen molar-refractivity contribution in [2.45, 2.75) is 26.0 Å². The topological polar surface area (TPSA) is 83.0 Å². The van der Waals surface area contributed by atoms with E-state index in [4.69, 9.17) is 4.74 Å². The number of halogens is 1. The van der Waals surface area contributed by atoms with Crippen molar-refractivity contribution in [3.63, 3.8) is 0 Å². The molecule has 2 heterocycles. The van der Waals surface area contributed by atoms with Crippen molar-refractivity contribution >= 4 is 11.8 Å². The molecular weight excluding hydrogens is 461 g/mol. The second-order valence-corrected chi connectivity index (χ2v) is 9.23. The van der Waals surface area contributed by atoms with E-state index in [1.807, 2.05) is 37.3 Å². The standard InChI is InChI=1S/C28H30FN3O4/c1-18-15-32(19(2)17-33)28(35)23-13-21(20-9-5-4-6-10-20)14-30-26(23)36-25(18)16-31(3)27(34)22-11-7-8-12-24(22)29/h4-14,18-19,25,33H,15-17H2,1-3H3/t18-,19+,25-/m0/s1. The van der Waals surface area contributed by atoms with Crippen molar-refractivity contribution in [3.8, 4) is 17.0 Å². The molecule has 0 saturated heterocycles. The minimum Gasteiger partial charge on any atom is -0.472 e. The van der Waals surface area contributed by atoms with E-state index in [0.717, 1.165) is 11.1 Å². The van der Waals surface area contributed by atoms with Crippen LogP contribution in [0.15, 0.2) is 66.9 Å². The molecule has 0 spiro atoms. The van der Waals surface area contributed by atoms with Gasteiger partial charge in [0, 0.05) is 31.3 Å². The molecule has 7 nitrogen and oxygen atoms in total. The van der Waals surface area contributed by atoms with Crippen LogP contribution in [0.1, 0.15) is 34.6 Å². The number of nitrogens with zero attached hydrogens (tertiary/aromatic N) is 3. The smallest absolute Gasteiger partial charge is 0.259 e. The molecule has 4 rings (SSSR count). The molecule has 3 aromatic rings. The van der Waals surface area contributed by atoms with E-state index in [1.54, 1.807) is 37.2 Å². The number of carbonyl (C=O) groups is 2. The quantitative estimate of drug-likeness (QED) is 0.566. The normalized spacial score (nSPS) is 18.5. The number of aromatic nitrogens is 1. The van der Waals surface area contributed by atoms with Gasteiger partial charge in [0.2, 0.25) is 5.88 Å². The van der Waals surface area contributed by atoms with Crippen molar-refractivity contribution in [2.75, 3.05) is 26.7 Å². The molecule has 188 valence electrons. The summed E-state index contributed by atoms with van der Waals surface area (Å²) in [5, 5.41) is 9.84. The van der Waals surface area contributed by atoms with Gasteiger partial charge >= 0.3 is 0 Å². The van der Waals surface area contributed by atoms with Crippen LogP contribution in [0.5, 0.6) is 5.88 Å². The number of rotatable bonds is 6. The Kier molecular flexibility index (Phi) is 7.64. The molecule has 0 bridgehead atoms. The lowest BCUT2D eigenvalue weighted by atomic mass is 9.99. The molecular formula is C28H30FN3O4. The highest BCUT2D eigenvalue weighted by Crippen LogP contribution is 2.30. The fraction of sp³-hybridized carbons (Fsp3) is 0.321. The van der Waals surface area contributed by atoms with Crippen molar-refractivity contribution in [2.24, 2.45) is 5.92 Å². The second-order valence-electron chi connectivity index (χ2n) is 9.23. The summed E-state index contributed by atoms with van der Waals surface area (Å²) in [5.41, 5.74) is 1.94. The number of pyridine rings is 1. The first-order chi connectivity index (χ1) is 17.3. The molecule has 1 N–H and O–H groups in total. The van der Waals surface area contributed by atoms with E-state index in [0.29, 0.717) is 6.54 Å². The number of amides is 2. The lowest BCUT2D eigenvalue weighted by Gasteiger charge is -2.37. The summed E-state index contributed by atoms with van der Waals surface area (Å²) >= 11 is 0. The number of hydrogen-bond acceptors (Lipinski definition) is 5. The van der Waals surface area contributed by atoms with Crippen molar-refractivity contribution in [3.05, 3.63) is 83.8 Å². The monoisotopic (exact) mass is 491 g/mol. The number of benzene rings is 2. The molecule has 2 aromatic carbocycles. The third kappa shape index (κ3) is 5.23. The minimum absolute atomic E-state index is 0.0183. The molecule has 1 aromatic heterocycles. The van der Waals surface area contributed by atoms with Crippen LogP contribution in [0.4, 0.5) is 4.39 Å². The maximum absolute atomic E-state index is 14.2. The van der Waals surface area contributed by atoms with E-state index < -0.39 is 23.9 Å². The van der Waals surface area contributed by atoms with Crippen LogP contribution in [-0.4, -0.2) is 70.6 Å². The molecule has 0 saturated carbocycles. The highest BCUT2D eigenvalue weighted by Gasteiger charge is 2.35.